The van der Waals surface area contributed by atoms with Crippen molar-refractivity contribution in [3.05, 3.63) is 36.9 Å². The van der Waals surface area contributed by atoms with E-state index in [-0.39, 0.29) is 6.42 Å². The maximum absolute atomic E-state index is 13.8. The molecule has 22 heavy (non-hydrogen) atoms. The van der Waals surface area contributed by atoms with Crippen LogP contribution in [0.5, 0.6) is 0 Å². The van der Waals surface area contributed by atoms with Gasteiger partial charge in [-0.2, -0.15) is 0 Å². The molecule has 1 aromatic heterocycles. The zero-order chi connectivity index (χ0) is 15.6. The lowest BCUT2D eigenvalue weighted by molar-refractivity contribution is -0.137. The van der Waals surface area contributed by atoms with E-state index < -0.39 is 24.3 Å². The molecule has 2 N–H and O–H groups in total. The van der Waals surface area contributed by atoms with E-state index in [2.05, 4.69) is 15.6 Å². The number of nitrogens with one attached hydrogen (secondary N) is 2. The molecule has 3 rings (SSSR count). The molecular formula is C15H15F2N3O2. The third-order valence-electron chi connectivity index (χ3n) is 3.64. The van der Waals surface area contributed by atoms with Crippen LogP contribution in [0.1, 0.15) is 6.42 Å². The van der Waals surface area contributed by atoms with Crippen molar-refractivity contribution < 1.29 is 18.0 Å². The fourth-order valence-electron chi connectivity index (χ4n) is 2.50. The lowest BCUT2D eigenvalue weighted by atomic mass is 9.93. The lowest BCUT2D eigenvalue weighted by Gasteiger charge is -2.30. The smallest absolute Gasteiger partial charge is 0.271 e. The summed E-state index contributed by atoms with van der Waals surface area (Å²) in [6, 6.07) is 6.82. The molecule has 1 atom stereocenters. The Bertz CT molecular complexity index is 659. The van der Waals surface area contributed by atoms with Gasteiger partial charge in [0.2, 0.25) is 5.91 Å². The van der Waals surface area contributed by atoms with Crippen LogP contribution in [0, 0.1) is 5.92 Å². The van der Waals surface area contributed by atoms with Crippen LogP contribution in [0.3, 0.4) is 0 Å². The minimum absolute atomic E-state index is 0.112. The fourth-order valence-corrected chi connectivity index (χ4v) is 2.50. The van der Waals surface area contributed by atoms with E-state index in [9.17, 15) is 13.6 Å². The molecule has 0 saturated carbocycles. The number of carbonyl (C=O) groups is 1. The summed E-state index contributed by atoms with van der Waals surface area (Å²) in [6.07, 6.45) is 2.96. The molecule has 1 fully saturated rings. The SMILES string of the molecule is O=C(Nc1cccc(-c2cnco2)c1)C1CCNCC1(F)F. The van der Waals surface area contributed by atoms with E-state index >= 15 is 0 Å². The molecule has 0 spiro atoms. The standard InChI is InChI=1S/C15H15F2N3O2/c16-15(17)8-18-5-4-12(15)14(21)20-11-3-1-2-10(6-11)13-7-19-9-22-13/h1-3,6-7,9,12,18H,4-5,8H2,(H,20,21). The Hall–Kier alpha value is -2.28. The molecule has 0 aliphatic carbocycles. The normalized spacial score (nSPS) is 20.5. The summed E-state index contributed by atoms with van der Waals surface area (Å²) in [7, 11) is 0. The topological polar surface area (TPSA) is 67.2 Å². The Morgan fingerprint density at radius 2 is 2.32 bits per heavy atom. The molecule has 2 heterocycles. The Kier molecular flexibility index (Phi) is 3.89. The second-order valence-electron chi connectivity index (χ2n) is 5.21. The maximum atomic E-state index is 13.8. The number of aromatic nitrogens is 1. The van der Waals surface area contributed by atoms with E-state index in [1.807, 2.05) is 0 Å². The van der Waals surface area contributed by atoms with Gasteiger partial charge < -0.3 is 15.1 Å². The van der Waals surface area contributed by atoms with Crippen molar-refractivity contribution in [2.75, 3.05) is 18.4 Å². The van der Waals surface area contributed by atoms with Crippen molar-refractivity contribution >= 4 is 11.6 Å². The second-order valence-corrected chi connectivity index (χ2v) is 5.21. The van der Waals surface area contributed by atoms with Crippen LogP contribution in [-0.2, 0) is 4.79 Å². The number of halogens is 2. The quantitative estimate of drug-likeness (QED) is 0.914. The van der Waals surface area contributed by atoms with Gasteiger partial charge in [0.05, 0.1) is 12.7 Å². The summed E-state index contributed by atoms with van der Waals surface area (Å²) < 4.78 is 32.7. The minimum atomic E-state index is -3.04. The first-order chi connectivity index (χ1) is 10.6. The molecule has 1 aromatic carbocycles. The highest BCUT2D eigenvalue weighted by Gasteiger charge is 2.45. The third-order valence-corrected chi connectivity index (χ3v) is 3.64. The highest BCUT2D eigenvalue weighted by Crippen LogP contribution is 2.31. The second kappa shape index (κ2) is 5.84. The first-order valence-electron chi connectivity index (χ1n) is 6.94. The van der Waals surface area contributed by atoms with Gasteiger partial charge in [-0.1, -0.05) is 12.1 Å². The van der Waals surface area contributed by atoms with Crippen molar-refractivity contribution in [3.8, 4) is 11.3 Å². The van der Waals surface area contributed by atoms with Gasteiger partial charge >= 0.3 is 0 Å². The highest BCUT2D eigenvalue weighted by atomic mass is 19.3. The van der Waals surface area contributed by atoms with Crippen LogP contribution < -0.4 is 10.6 Å². The number of nitrogens with zero attached hydrogens (tertiary/aromatic N) is 1. The fraction of sp³-hybridized carbons (Fsp3) is 0.333. The van der Waals surface area contributed by atoms with E-state index in [0.29, 0.717) is 23.6 Å². The molecule has 7 heteroatoms. The molecule has 1 unspecified atom stereocenters. The number of hydrogen-bond acceptors (Lipinski definition) is 4. The molecule has 0 radical (unpaired) electrons. The Morgan fingerprint density at radius 1 is 1.45 bits per heavy atom. The zero-order valence-corrected chi connectivity index (χ0v) is 11.7. The van der Waals surface area contributed by atoms with Crippen molar-refractivity contribution in [2.24, 2.45) is 5.92 Å². The number of piperidine rings is 1. The molecule has 1 aliphatic heterocycles. The highest BCUT2D eigenvalue weighted by molar-refractivity contribution is 5.93. The number of carbonyl (C=O) groups excluding carboxylic acids is 1. The number of amides is 1. The van der Waals surface area contributed by atoms with Gasteiger partial charge in [0, 0.05) is 11.3 Å². The van der Waals surface area contributed by atoms with Crippen LogP contribution in [0.25, 0.3) is 11.3 Å². The summed E-state index contributed by atoms with van der Waals surface area (Å²) in [6.45, 7) is -0.0605. The molecule has 1 saturated heterocycles. The van der Waals surface area contributed by atoms with E-state index in [1.54, 1.807) is 30.5 Å². The summed E-state index contributed by atoms with van der Waals surface area (Å²) in [5.74, 6) is -4.47. The number of benzene rings is 1. The molecule has 1 aliphatic rings. The van der Waals surface area contributed by atoms with Crippen molar-refractivity contribution in [1.29, 1.82) is 0 Å². The Morgan fingerprint density at radius 3 is 3.05 bits per heavy atom. The first kappa shape index (κ1) is 14.6. The van der Waals surface area contributed by atoms with Gasteiger partial charge in [0.25, 0.3) is 5.92 Å². The van der Waals surface area contributed by atoms with Gasteiger partial charge in [0.15, 0.2) is 12.2 Å². The van der Waals surface area contributed by atoms with E-state index in [0.717, 1.165) is 0 Å². The molecular weight excluding hydrogens is 292 g/mol. The average molecular weight is 307 g/mol. The third kappa shape index (κ3) is 2.99. The predicted octanol–water partition coefficient (Wildman–Crippen LogP) is 2.52. The number of oxazole rings is 1. The van der Waals surface area contributed by atoms with Crippen LogP contribution in [0.2, 0.25) is 0 Å². The van der Waals surface area contributed by atoms with Crippen molar-refractivity contribution in [3.63, 3.8) is 0 Å². The molecule has 0 bridgehead atoms. The predicted molar refractivity (Wildman–Crippen MR) is 76.5 cm³/mol. The van der Waals surface area contributed by atoms with Crippen LogP contribution in [0.15, 0.2) is 41.3 Å². The Balaban J connectivity index is 1.75. The number of rotatable bonds is 3. The molecule has 5 nitrogen and oxygen atoms in total. The van der Waals surface area contributed by atoms with Crippen LogP contribution >= 0.6 is 0 Å². The molecule has 1 amide bonds. The molecule has 116 valence electrons. The van der Waals surface area contributed by atoms with E-state index in [1.165, 1.54) is 6.39 Å². The minimum Gasteiger partial charge on any atom is -0.444 e. The summed E-state index contributed by atoms with van der Waals surface area (Å²) in [5.41, 5.74) is 1.17. The van der Waals surface area contributed by atoms with Gasteiger partial charge in [-0.25, -0.2) is 13.8 Å². The zero-order valence-electron chi connectivity index (χ0n) is 11.7. The van der Waals surface area contributed by atoms with Crippen LogP contribution in [0.4, 0.5) is 14.5 Å². The maximum Gasteiger partial charge on any atom is 0.271 e. The van der Waals surface area contributed by atoms with Gasteiger partial charge in [-0.05, 0) is 25.1 Å². The number of alkyl halides is 2. The number of hydrogen-bond donors (Lipinski definition) is 2. The number of anilines is 1. The Labute approximate surface area is 125 Å². The van der Waals surface area contributed by atoms with Crippen molar-refractivity contribution in [1.82, 2.24) is 10.3 Å². The average Bonchev–Trinajstić information content (AvgIpc) is 3.01. The van der Waals surface area contributed by atoms with Gasteiger partial charge in [-0.15, -0.1) is 0 Å². The monoisotopic (exact) mass is 307 g/mol. The van der Waals surface area contributed by atoms with Crippen molar-refractivity contribution in [2.45, 2.75) is 12.3 Å². The van der Waals surface area contributed by atoms with Gasteiger partial charge in [0.1, 0.15) is 5.92 Å². The van der Waals surface area contributed by atoms with Gasteiger partial charge in [-0.3, -0.25) is 4.79 Å². The van der Waals surface area contributed by atoms with E-state index in [4.69, 9.17) is 4.42 Å². The first-order valence-corrected chi connectivity index (χ1v) is 6.94. The summed E-state index contributed by atoms with van der Waals surface area (Å²) in [4.78, 5) is 15.9. The largest absolute Gasteiger partial charge is 0.444 e. The lowest BCUT2D eigenvalue weighted by Crippen LogP contribution is -2.50. The summed E-state index contributed by atoms with van der Waals surface area (Å²) >= 11 is 0. The molecule has 2 aromatic rings. The van der Waals surface area contributed by atoms with Crippen LogP contribution in [-0.4, -0.2) is 29.9 Å². The summed E-state index contributed by atoms with van der Waals surface area (Å²) in [5, 5.41) is 5.16.